The summed E-state index contributed by atoms with van der Waals surface area (Å²) in [4.78, 5) is 85.9. The first kappa shape index (κ1) is 36.8. The van der Waals surface area contributed by atoms with E-state index in [4.69, 9.17) is 14.2 Å². The summed E-state index contributed by atoms with van der Waals surface area (Å²) in [5, 5.41) is 5.73. The molecule has 1 aromatic carbocycles. The van der Waals surface area contributed by atoms with E-state index < -0.39 is 54.3 Å². The lowest BCUT2D eigenvalue weighted by Gasteiger charge is -2.36. The van der Waals surface area contributed by atoms with Gasteiger partial charge in [0.25, 0.3) is 11.8 Å². The highest BCUT2D eigenvalue weighted by Crippen LogP contribution is 2.27. The summed E-state index contributed by atoms with van der Waals surface area (Å²) >= 11 is 0. The van der Waals surface area contributed by atoms with Crippen molar-refractivity contribution in [2.45, 2.75) is 58.5 Å². The van der Waals surface area contributed by atoms with Crippen LogP contribution in [0.4, 0.5) is 9.18 Å². The minimum atomic E-state index is -1.16. The summed E-state index contributed by atoms with van der Waals surface area (Å²) in [6.07, 6.45) is 0.462. The van der Waals surface area contributed by atoms with Gasteiger partial charge >= 0.3 is 12.1 Å². The Kier molecular flexibility index (Phi) is 13.1. The van der Waals surface area contributed by atoms with Gasteiger partial charge in [0.2, 0.25) is 11.8 Å². The van der Waals surface area contributed by atoms with Crippen LogP contribution in [0.5, 0.6) is 5.75 Å². The first-order chi connectivity index (χ1) is 23.6. The van der Waals surface area contributed by atoms with E-state index in [1.807, 2.05) is 0 Å². The van der Waals surface area contributed by atoms with Gasteiger partial charge in [-0.05, 0) is 52.2 Å². The van der Waals surface area contributed by atoms with E-state index in [1.54, 1.807) is 20.8 Å². The highest BCUT2D eigenvalue weighted by molar-refractivity contribution is 5.99. The topological polar surface area (TPSA) is 177 Å². The second-order valence-corrected chi connectivity index (χ2v) is 11.5. The molecule has 0 aliphatic carbocycles. The molecule has 0 radical (unpaired) electrons. The molecule has 266 valence electrons. The van der Waals surface area contributed by atoms with Crippen molar-refractivity contribution in [1.82, 2.24) is 30.3 Å². The molecule has 1 aromatic heterocycles. The third-order valence-corrected chi connectivity index (χ3v) is 8.21. The normalized spacial score (nSPS) is 16.6. The molecule has 2 atom stereocenters. The fourth-order valence-corrected chi connectivity index (χ4v) is 5.79. The minimum absolute atomic E-state index is 0.0703. The third kappa shape index (κ3) is 9.54. The fraction of sp³-hybridized carbons (Fsp3) is 0.545. The van der Waals surface area contributed by atoms with E-state index in [9.17, 15) is 33.2 Å². The zero-order valence-electron chi connectivity index (χ0n) is 28.0. The Labute approximate surface area is 283 Å². The molecule has 0 saturated carbocycles. The summed E-state index contributed by atoms with van der Waals surface area (Å²) in [6, 6.07) is 3.23. The largest absolute Gasteiger partial charge is 0.483 e. The number of ether oxygens (including phenoxy) is 3. The van der Waals surface area contributed by atoms with Gasteiger partial charge in [-0.15, -0.1) is 0 Å². The Morgan fingerprint density at radius 2 is 1.67 bits per heavy atom. The van der Waals surface area contributed by atoms with Crippen LogP contribution in [-0.4, -0.2) is 127 Å². The van der Waals surface area contributed by atoms with Crippen LogP contribution in [0, 0.1) is 5.82 Å². The standard InChI is InChI=1S/C33H43FN6O9/c1-4-35-31(44)26-8-7-13-40(26)28(41)20-49-27-19-25(36-24-18-21(34)9-10-22(24)27)30(43)37-23(11-12-29(42)47-5-2)32(45)38-14-16-39(17-15-38)33(46)48-6-3/h9-10,18-19,23,26H,4-8,11-17,20H2,1-3H3,(H,35,44)(H,37,43)/t23-,26-/m0/s1. The second kappa shape index (κ2) is 17.4. The lowest BCUT2D eigenvalue weighted by molar-refractivity contribution is -0.143. The molecular formula is C33H43FN6O9. The Morgan fingerprint density at radius 3 is 2.37 bits per heavy atom. The van der Waals surface area contributed by atoms with Crippen molar-refractivity contribution < 1.29 is 47.4 Å². The van der Waals surface area contributed by atoms with Crippen LogP contribution in [0.2, 0.25) is 0 Å². The summed E-state index contributed by atoms with van der Waals surface area (Å²) in [7, 11) is 0. The molecule has 3 heterocycles. The van der Waals surface area contributed by atoms with Crippen LogP contribution in [0.3, 0.4) is 0 Å². The van der Waals surface area contributed by atoms with Gasteiger partial charge in [-0.25, -0.2) is 14.2 Å². The molecule has 2 N–H and O–H groups in total. The number of pyridine rings is 1. The minimum Gasteiger partial charge on any atom is -0.483 e. The number of hydrogen-bond acceptors (Lipinski definition) is 10. The van der Waals surface area contributed by atoms with E-state index in [-0.39, 0.29) is 75.1 Å². The molecule has 15 nitrogen and oxygen atoms in total. The van der Waals surface area contributed by atoms with Crippen LogP contribution in [-0.2, 0) is 28.7 Å². The van der Waals surface area contributed by atoms with Crippen molar-refractivity contribution >= 4 is 46.6 Å². The molecule has 49 heavy (non-hydrogen) atoms. The number of nitrogens with one attached hydrogen (secondary N) is 2. The van der Waals surface area contributed by atoms with Crippen LogP contribution >= 0.6 is 0 Å². The molecule has 4 rings (SSSR count). The molecular weight excluding hydrogens is 643 g/mol. The van der Waals surface area contributed by atoms with E-state index in [0.29, 0.717) is 31.3 Å². The number of halogens is 1. The Bertz CT molecular complexity index is 1550. The average Bonchev–Trinajstić information content (AvgIpc) is 3.59. The number of piperazine rings is 1. The number of likely N-dealkylation sites (tertiary alicyclic amines) is 1. The Balaban J connectivity index is 1.53. The third-order valence-electron chi connectivity index (χ3n) is 8.21. The number of benzene rings is 1. The number of carbonyl (C=O) groups is 6. The number of rotatable bonds is 13. The molecule has 2 saturated heterocycles. The molecule has 5 amide bonds. The first-order valence-electron chi connectivity index (χ1n) is 16.5. The van der Waals surface area contributed by atoms with Crippen molar-refractivity contribution in [3.63, 3.8) is 0 Å². The lowest BCUT2D eigenvalue weighted by atomic mass is 10.1. The van der Waals surface area contributed by atoms with Gasteiger partial charge in [-0.1, -0.05) is 0 Å². The number of esters is 1. The van der Waals surface area contributed by atoms with Crippen molar-refractivity contribution in [2.24, 2.45) is 0 Å². The molecule has 2 aliphatic rings. The number of carbonyl (C=O) groups excluding carboxylic acids is 6. The molecule has 0 bridgehead atoms. The number of aromatic nitrogens is 1. The average molecular weight is 687 g/mol. The molecule has 2 aromatic rings. The molecule has 2 aliphatic heterocycles. The van der Waals surface area contributed by atoms with Gasteiger partial charge in [0.1, 0.15) is 29.3 Å². The van der Waals surface area contributed by atoms with E-state index in [0.717, 1.165) is 6.07 Å². The summed E-state index contributed by atoms with van der Waals surface area (Å²) in [5.74, 6) is -3.04. The predicted octanol–water partition coefficient (Wildman–Crippen LogP) is 1.62. The molecule has 0 spiro atoms. The van der Waals surface area contributed by atoms with Crippen molar-refractivity contribution in [1.29, 1.82) is 0 Å². The maximum absolute atomic E-state index is 14.3. The van der Waals surface area contributed by atoms with Crippen molar-refractivity contribution in [3.8, 4) is 5.75 Å². The number of amides is 5. The number of hydrogen-bond donors (Lipinski definition) is 2. The molecule has 16 heteroatoms. The van der Waals surface area contributed by atoms with Gasteiger partial charge in [-0.3, -0.25) is 24.0 Å². The van der Waals surface area contributed by atoms with E-state index in [2.05, 4.69) is 15.6 Å². The molecule has 2 fully saturated rings. The monoisotopic (exact) mass is 686 g/mol. The van der Waals surface area contributed by atoms with Crippen LogP contribution in [0.25, 0.3) is 10.9 Å². The fourth-order valence-electron chi connectivity index (χ4n) is 5.79. The summed E-state index contributed by atoms with van der Waals surface area (Å²) in [6.45, 7) is 6.68. The highest BCUT2D eigenvalue weighted by atomic mass is 19.1. The number of fused-ring (bicyclic) bond motifs is 1. The summed E-state index contributed by atoms with van der Waals surface area (Å²) in [5.41, 5.74) is -0.149. The van der Waals surface area contributed by atoms with Gasteiger partial charge < -0.3 is 39.5 Å². The molecule has 0 unspecified atom stereocenters. The Hall–Kier alpha value is -5.02. The van der Waals surface area contributed by atoms with Gasteiger partial charge in [0, 0.05) is 63.2 Å². The zero-order valence-corrected chi connectivity index (χ0v) is 28.0. The number of likely N-dealkylation sites (N-methyl/N-ethyl adjacent to an activating group) is 1. The zero-order chi connectivity index (χ0) is 35.5. The first-order valence-corrected chi connectivity index (χ1v) is 16.5. The lowest BCUT2D eigenvalue weighted by Crippen LogP contribution is -2.56. The maximum atomic E-state index is 14.3. The predicted molar refractivity (Wildman–Crippen MR) is 173 cm³/mol. The highest BCUT2D eigenvalue weighted by Gasteiger charge is 2.34. The van der Waals surface area contributed by atoms with Crippen LogP contribution in [0.1, 0.15) is 56.9 Å². The summed E-state index contributed by atoms with van der Waals surface area (Å²) < 4.78 is 30.2. The maximum Gasteiger partial charge on any atom is 0.409 e. The second-order valence-electron chi connectivity index (χ2n) is 11.5. The van der Waals surface area contributed by atoms with E-state index in [1.165, 1.54) is 32.9 Å². The van der Waals surface area contributed by atoms with Crippen molar-refractivity contribution in [3.05, 3.63) is 35.8 Å². The Morgan fingerprint density at radius 1 is 0.959 bits per heavy atom. The SMILES string of the molecule is CCNC(=O)[C@@H]1CCCN1C(=O)COc1cc(C(=O)N[C@@H](CCC(=O)OCC)C(=O)N2CCN(C(=O)OCC)CC2)nc2cc(F)ccc12. The smallest absolute Gasteiger partial charge is 0.409 e. The van der Waals surface area contributed by atoms with Gasteiger partial charge in [0.05, 0.1) is 18.7 Å². The van der Waals surface area contributed by atoms with E-state index >= 15 is 0 Å². The van der Waals surface area contributed by atoms with Crippen LogP contribution in [0.15, 0.2) is 24.3 Å². The van der Waals surface area contributed by atoms with Crippen molar-refractivity contribution in [2.75, 3.05) is 59.1 Å². The number of nitrogens with zero attached hydrogens (tertiary/aromatic N) is 4. The quantitative estimate of drug-likeness (QED) is 0.295. The van der Waals surface area contributed by atoms with Gasteiger partial charge in [-0.2, -0.15) is 0 Å². The van der Waals surface area contributed by atoms with Gasteiger partial charge in [0.15, 0.2) is 6.61 Å². The van der Waals surface area contributed by atoms with Crippen LogP contribution < -0.4 is 15.4 Å².